The normalized spacial score (nSPS) is 15.6. The lowest BCUT2D eigenvalue weighted by atomic mass is 9.99. The molecule has 12 heavy (non-hydrogen) atoms. The summed E-state index contributed by atoms with van der Waals surface area (Å²) in [6.45, 7) is 5.51. The van der Waals surface area contributed by atoms with Crippen molar-refractivity contribution in [1.82, 2.24) is 0 Å². The van der Waals surface area contributed by atoms with Crippen molar-refractivity contribution in [3.8, 4) is 6.07 Å². The Morgan fingerprint density at radius 3 is 2.58 bits per heavy atom. The van der Waals surface area contributed by atoms with Crippen LogP contribution in [0.5, 0.6) is 0 Å². The van der Waals surface area contributed by atoms with Crippen LogP contribution in [0, 0.1) is 17.2 Å². The standard InChI is InChI=1S/C10H14FN/c1-4-6-10(11)9(7-12)8(3)5-2/h4,6,8H,5H2,1-3H3/b6-4-,10-9+. The van der Waals surface area contributed by atoms with Crippen molar-refractivity contribution >= 4 is 0 Å². The van der Waals surface area contributed by atoms with Crippen LogP contribution in [0.15, 0.2) is 23.6 Å². The van der Waals surface area contributed by atoms with Gasteiger partial charge in [0.15, 0.2) is 0 Å². The fraction of sp³-hybridized carbons (Fsp3) is 0.500. The van der Waals surface area contributed by atoms with E-state index in [0.717, 1.165) is 6.42 Å². The number of hydrogen-bond donors (Lipinski definition) is 0. The molecule has 0 aromatic carbocycles. The second-order valence-corrected chi connectivity index (χ2v) is 2.68. The van der Waals surface area contributed by atoms with Crippen molar-refractivity contribution in [3.63, 3.8) is 0 Å². The highest BCUT2D eigenvalue weighted by atomic mass is 19.1. The van der Waals surface area contributed by atoms with Gasteiger partial charge in [-0.3, -0.25) is 0 Å². The smallest absolute Gasteiger partial charge is 0.136 e. The predicted molar refractivity (Wildman–Crippen MR) is 48.0 cm³/mol. The summed E-state index contributed by atoms with van der Waals surface area (Å²) in [7, 11) is 0. The highest BCUT2D eigenvalue weighted by Gasteiger charge is 2.10. The summed E-state index contributed by atoms with van der Waals surface area (Å²) in [5.41, 5.74) is 0.246. The molecule has 0 rings (SSSR count). The minimum Gasteiger partial charge on any atom is -0.206 e. The Bertz CT molecular complexity index is 233. The van der Waals surface area contributed by atoms with Gasteiger partial charge in [0, 0.05) is 0 Å². The van der Waals surface area contributed by atoms with E-state index >= 15 is 0 Å². The van der Waals surface area contributed by atoms with Crippen LogP contribution in [0.1, 0.15) is 27.2 Å². The first kappa shape index (κ1) is 10.9. The van der Waals surface area contributed by atoms with Gasteiger partial charge in [0.05, 0.1) is 11.6 Å². The Labute approximate surface area is 73.2 Å². The molecule has 0 aliphatic rings. The maximum absolute atomic E-state index is 13.1. The fourth-order valence-electron chi connectivity index (χ4n) is 0.839. The lowest BCUT2D eigenvalue weighted by Gasteiger charge is -2.05. The third-order valence-electron chi connectivity index (χ3n) is 1.80. The van der Waals surface area contributed by atoms with E-state index in [0.29, 0.717) is 0 Å². The summed E-state index contributed by atoms with van der Waals surface area (Å²) in [4.78, 5) is 0. The number of rotatable bonds is 3. The van der Waals surface area contributed by atoms with Gasteiger partial charge in [-0.25, -0.2) is 4.39 Å². The zero-order valence-corrected chi connectivity index (χ0v) is 7.76. The molecule has 1 atom stereocenters. The monoisotopic (exact) mass is 167 g/mol. The van der Waals surface area contributed by atoms with Crippen molar-refractivity contribution in [2.75, 3.05) is 0 Å². The Balaban J connectivity index is 4.76. The van der Waals surface area contributed by atoms with Gasteiger partial charge in [-0.1, -0.05) is 19.9 Å². The molecule has 0 N–H and O–H groups in total. The molecule has 0 aromatic rings. The van der Waals surface area contributed by atoms with Gasteiger partial charge in [0.1, 0.15) is 5.83 Å². The largest absolute Gasteiger partial charge is 0.206 e. The summed E-state index contributed by atoms with van der Waals surface area (Å²) in [6.07, 6.45) is 3.70. The Kier molecular flexibility index (Phi) is 5.03. The van der Waals surface area contributed by atoms with E-state index in [4.69, 9.17) is 5.26 Å². The Hall–Kier alpha value is -1.10. The molecule has 0 aliphatic heterocycles. The first-order valence-corrected chi connectivity index (χ1v) is 4.09. The van der Waals surface area contributed by atoms with Crippen molar-refractivity contribution in [2.24, 2.45) is 5.92 Å². The minimum atomic E-state index is -0.408. The van der Waals surface area contributed by atoms with Crippen molar-refractivity contribution < 1.29 is 4.39 Å². The molecule has 0 saturated heterocycles. The molecular formula is C10H14FN. The summed E-state index contributed by atoms with van der Waals surface area (Å²) in [5.74, 6) is -0.402. The molecule has 1 unspecified atom stereocenters. The summed E-state index contributed by atoms with van der Waals surface area (Å²) < 4.78 is 13.1. The Morgan fingerprint density at radius 1 is 1.67 bits per heavy atom. The van der Waals surface area contributed by atoms with Gasteiger partial charge < -0.3 is 0 Å². The molecule has 0 aliphatic carbocycles. The quantitative estimate of drug-likeness (QED) is 0.467. The van der Waals surface area contributed by atoms with Crippen LogP contribution in [0.4, 0.5) is 4.39 Å². The van der Waals surface area contributed by atoms with Crippen LogP contribution in [-0.2, 0) is 0 Å². The molecule has 0 fully saturated rings. The number of hydrogen-bond acceptors (Lipinski definition) is 1. The average molecular weight is 167 g/mol. The zero-order chi connectivity index (χ0) is 9.56. The number of nitriles is 1. The van der Waals surface area contributed by atoms with E-state index in [2.05, 4.69) is 0 Å². The first-order valence-electron chi connectivity index (χ1n) is 4.09. The SMILES string of the molecule is C/C=C\C(F)=C(\C#N)C(C)CC. The first-order chi connectivity index (χ1) is 5.67. The van der Waals surface area contributed by atoms with E-state index in [1.54, 1.807) is 13.0 Å². The van der Waals surface area contributed by atoms with Crippen LogP contribution in [-0.4, -0.2) is 0 Å². The summed E-state index contributed by atoms with van der Waals surface area (Å²) >= 11 is 0. The molecular weight excluding hydrogens is 153 g/mol. The van der Waals surface area contributed by atoms with E-state index < -0.39 is 5.83 Å². The number of allylic oxidation sites excluding steroid dienone is 4. The third-order valence-corrected chi connectivity index (χ3v) is 1.80. The molecule has 0 spiro atoms. The third kappa shape index (κ3) is 2.87. The van der Waals surface area contributed by atoms with Gasteiger partial charge >= 0.3 is 0 Å². The molecule has 0 saturated carbocycles. The fourth-order valence-corrected chi connectivity index (χ4v) is 0.839. The van der Waals surface area contributed by atoms with Gasteiger partial charge in [-0.2, -0.15) is 5.26 Å². The second-order valence-electron chi connectivity index (χ2n) is 2.68. The summed E-state index contributed by atoms with van der Waals surface area (Å²) in [6, 6.07) is 1.89. The maximum Gasteiger partial charge on any atom is 0.136 e. The summed E-state index contributed by atoms with van der Waals surface area (Å²) in [5, 5.41) is 8.64. The lowest BCUT2D eigenvalue weighted by molar-refractivity contribution is 0.600. The van der Waals surface area contributed by atoms with Gasteiger partial charge in [-0.15, -0.1) is 0 Å². The second kappa shape index (κ2) is 5.54. The van der Waals surface area contributed by atoms with Crippen LogP contribution >= 0.6 is 0 Å². The van der Waals surface area contributed by atoms with Crippen LogP contribution in [0.25, 0.3) is 0 Å². The van der Waals surface area contributed by atoms with E-state index in [1.165, 1.54) is 6.08 Å². The van der Waals surface area contributed by atoms with E-state index in [-0.39, 0.29) is 11.5 Å². The molecule has 2 heteroatoms. The lowest BCUT2D eigenvalue weighted by Crippen LogP contribution is -1.97. The molecule has 0 bridgehead atoms. The van der Waals surface area contributed by atoms with Crippen LogP contribution in [0.3, 0.4) is 0 Å². The van der Waals surface area contributed by atoms with Crippen molar-refractivity contribution in [2.45, 2.75) is 27.2 Å². The van der Waals surface area contributed by atoms with E-state index in [1.807, 2.05) is 19.9 Å². The highest BCUT2D eigenvalue weighted by Crippen LogP contribution is 2.19. The average Bonchev–Trinajstić information content (AvgIpc) is 2.06. The molecule has 0 heterocycles. The topological polar surface area (TPSA) is 23.8 Å². The molecule has 1 nitrogen and oxygen atoms in total. The molecule has 0 amide bonds. The van der Waals surface area contributed by atoms with Crippen molar-refractivity contribution in [1.29, 1.82) is 5.26 Å². The predicted octanol–water partition coefficient (Wildman–Crippen LogP) is 3.36. The number of nitrogens with zero attached hydrogens (tertiary/aromatic N) is 1. The number of halogens is 1. The van der Waals surface area contributed by atoms with E-state index in [9.17, 15) is 4.39 Å². The van der Waals surface area contributed by atoms with Gasteiger partial charge in [0.2, 0.25) is 0 Å². The van der Waals surface area contributed by atoms with Crippen LogP contribution < -0.4 is 0 Å². The maximum atomic E-state index is 13.1. The van der Waals surface area contributed by atoms with Crippen molar-refractivity contribution in [3.05, 3.63) is 23.6 Å². The molecule has 0 aromatic heterocycles. The molecule has 0 radical (unpaired) electrons. The minimum absolute atomic E-state index is 0.00574. The van der Waals surface area contributed by atoms with Crippen LogP contribution in [0.2, 0.25) is 0 Å². The van der Waals surface area contributed by atoms with Gasteiger partial charge in [-0.05, 0) is 25.3 Å². The highest BCUT2D eigenvalue weighted by molar-refractivity contribution is 5.32. The van der Waals surface area contributed by atoms with Gasteiger partial charge in [0.25, 0.3) is 0 Å². The Morgan fingerprint density at radius 2 is 2.25 bits per heavy atom. The zero-order valence-electron chi connectivity index (χ0n) is 7.76. The molecule has 66 valence electrons.